The van der Waals surface area contributed by atoms with Crippen molar-refractivity contribution in [3.8, 4) is 5.69 Å². The molecule has 7 nitrogen and oxygen atoms in total. The molecule has 4 rings (SSSR count). The zero-order valence-corrected chi connectivity index (χ0v) is 19.9. The first-order valence-corrected chi connectivity index (χ1v) is 12.7. The summed E-state index contributed by atoms with van der Waals surface area (Å²) in [6.07, 6.45) is 4.84. The summed E-state index contributed by atoms with van der Waals surface area (Å²) in [5.74, 6) is 0.678. The van der Waals surface area contributed by atoms with E-state index in [1.54, 1.807) is 30.5 Å². The minimum atomic E-state index is -3.49. The number of nitrogens with one attached hydrogen (secondary N) is 1. The average Bonchev–Trinajstić information content (AvgIpc) is 3.27. The van der Waals surface area contributed by atoms with Crippen LogP contribution in [0.15, 0.2) is 91.3 Å². The van der Waals surface area contributed by atoms with E-state index >= 15 is 0 Å². The molecular formula is C26H26N4O3S. The van der Waals surface area contributed by atoms with Gasteiger partial charge in [0.15, 0.2) is 0 Å². The third kappa shape index (κ3) is 5.52. The molecule has 0 aliphatic carbocycles. The minimum Gasteiger partial charge on any atom is -0.348 e. The Morgan fingerprint density at radius 2 is 1.62 bits per heavy atom. The van der Waals surface area contributed by atoms with Gasteiger partial charge in [-0.3, -0.25) is 9.10 Å². The Hall–Kier alpha value is -3.91. The van der Waals surface area contributed by atoms with Gasteiger partial charge < -0.3 is 9.88 Å². The van der Waals surface area contributed by atoms with Crippen LogP contribution < -0.4 is 9.62 Å². The van der Waals surface area contributed by atoms with Crippen LogP contribution in [0.3, 0.4) is 0 Å². The van der Waals surface area contributed by atoms with E-state index in [0.717, 1.165) is 22.6 Å². The molecular weight excluding hydrogens is 448 g/mol. The topological polar surface area (TPSA) is 84.3 Å². The van der Waals surface area contributed by atoms with E-state index < -0.39 is 10.0 Å². The number of nitrogens with zero attached hydrogens (tertiary/aromatic N) is 3. The summed E-state index contributed by atoms with van der Waals surface area (Å²) in [6, 6.07) is 23.9. The SMILES string of the molecule is Cc1nccn1-c1ccc(CNC(=O)c2ccc(N(Cc3ccccc3)S(C)(=O)=O)cc2)cc1. The van der Waals surface area contributed by atoms with Gasteiger partial charge in [-0.25, -0.2) is 13.4 Å². The molecule has 0 saturated carbocycles. The smallest absolute Gasteiger partial charge is 0.251 e. The van der Waals surface area contributed by atoms with Crippen LogP contribution in [0.1, 0.15) is 27.3 Å². The second-order valence-corrected chi connectivity index (χ2v) is 9.90. The minimum absolute atomic E-state index is 0.222. The lowest BCUT2D eigenvalue weighted by Crippen LogP contribution is -2.29. The molecule has 1 N–H and O–H groups in total. The maximum Gasteiger partial charge on any atom is 0.251 e. The molecule has 0 spiro atoms. The molecule has 0 atom stereocenters. The quantitative estimate of drug-likeness (QED) is 0.417. The summed E-state index contributed by atoms with van der Waals surface area (Å²) < 4.78 is 28.1. The van der Waals surface area contributed by atoms with Crippen LogP contribution >= 0.6 is 0 Å². The number of amides is 1. The van der Waals surface area contributed by atoms with Crippen molar-refractivity contribution >= 4 is 21.6 Å². The molecule has 0 bridgehead atoms. The van der Waals surface area contributed by atoms with Crippen molar-refractivity contribution < 1.29 is 13.2 Å². The van der Waals surface area contributed by atoms with E-state index in [-0.39, 0.29) is 12.5 Å². The van der Waals surface area contributed by atoms with Gasteiger partial charge in [0.25, 0.3) is 5.91 Å². The first kappa shape index (κ1) is 23.3. The number of anilines is 1. The second-order valence-electron chi connectivity index (χ2n) is 8.00. The van der Waals surface area contributed by atoms with E-state index in [2.05, 4.69) is 10.3 Å². The maximum atomic E-state index is 12.6. The molecule has 0 aliphatic rings. The van der Waals surface area contributed by atoms with Crippen molar-refractivity contribution in [1.29, 1.82) is 0 Å². The van der Waals surface area contributed by atoms with Crippen LogP contribution in [0.4, 0.5) is 5.69 Å². The van der Waals surface area contributed by atoms with Gasteiger partial charge in [0.05, 0.1) is 18.5 Å². The lowest BCUT2D eigenvalue weighted by Gasteiger charge is -2.22. The molecule has 1 heterocycles. The van der Waals surface area contributed by atoms with Gasteiger partial charge in [-0.05, 0) is 54.4 Å². The van der Waals surface area contributed by atoms with Crippen molar-refractivity contribution in [2.24, 2.45) is 0 Å². The summed E-state index contributed by atoms with van der Waals surface area (Å²) in [6.45, 7) is 2.54. The number of hydrogen-bond acceptors (Lipinski definition) is 4. The Morgan fingerprint density at radius 3 is 2.21 bits per heavy atom. The highest BCUT2D eigenvalue weighted by atomic mass is 32.2. The summed E-state index contributed by atoms with van der Waals surface area (Å²) in [4.78, 5) is 16.9. The van der Waals surface area contributed by atoms with Crippen molar-refractivity contribution in [2.75, 3.05) is 10.6 Å². The normalized spacial score (nSPS) is 11.2. The zero-order valence-electron chi connectivity index (χ0n) is 19.0. The second kappa shape index (κ2) is 9.93. The Morgan fingerprint density at radius 1 is 0.941 bits per heavy atom. The van der Waals surface area contributed by atoms with Crippen LogP contribution in [0.5, 0.6) is 0 Å². The van der Waals surface area contributed by atoms with E-state index in [1.807, 2.05) is 72.3 Å². The fraction of sp³-hybridized carbons (Fsp3) is 0.154. The number of sulfonamides is 1. The lowest BCUT2D eigenvalue weighted by molar-refractivity contribution is 0.0951. The van der Waals surface area contributed by atoms with Gasteiger partial charge in [-0.1, -0.05) is 42.5 Å². The van der Waals surface area contributed by atoms with Gasteiger partial charge >= 0.3 is 0 Å². The van der Waals surface area contributed by atoms with Crippen molar-refractivity contribution in [1.82, 2.24) is 14.9 Å². The van der Waals surface area contributed by atoms with Crippen LogP contribution in [0.2, 0.25) is 0 Å². The highest BCUT2D eigenvalue weighted by Crippen LogP contribution is 2.21. The molecule has 4 aromatic rings. The number of imidazole rings is 1. The van der Waals surface area contributed by atoms with Gasteiger partial charge in [-0.2, -0.15) is 0 Å². The summed E-state index contributed by atoms with van der Waals surface area (Å²) in [7, 11) is -3.49. The Balaban J connectivity index is 1.41. The predicted molar refractivity (Wildman–Crippen MR) is 133 cm³/mol. The molecule has 1 amide bonds. The molecule has 34 heavy (non-hydrogen) atoms. The largest absolute Gasteiger partial charge is 0.348 e. The number of benzene rings is 3. The van der Waals surface area contributed by atoms with Gasteiger partial charge in [0.1, 0.15) is 5.82 Å². The van der Waals surface area contributed by atoms with E-state index in [4.69, 9.17) is 0 Å². The molecule has 0 saturated heterocycles. The van der Waals surface area contributed by atoms with Gasteiger partial charge in [0.2, 0.25) is 10.0 Å². The van der Waals surface area contributed by atoms with Crippen LogP contribution in [-0.2, 0) is 23.1 Å². The molecule has 8 heteroatoms. The predicted octanol–water partition coefficient (Wildman–Crippen LogP) is 4.08. The van der Waals surface area contributed by atoms with Gasteiger partial charge in [0, 0.05) is 30.2 Å². The molecule has 0 fully saturated rings. The third-order valence-corrected chi connectivity index (χ3v) is 6.62. The molecule has 0 aliphatic heterocycles. The van der Waals surface area contributed by atoms with Gasteiger partial charge in [-0.15, -0.1) is 0 Å². The van der Waals surface area contributed by atoms with Crippen molar-refractivity contribution in [2.45, 2.75) is 20.0 Å². The highest BCUT2D eigenvalue weighted by molar-refractivity contribution is 7.92. The molecule has 174 valence electrons. The van der Waals surface area contributed by atoms with Crippen LogP contribution in [0, 0.1) is 6.92 Å². The van der Waals surface area contributed by atoms with Crippen LogP contribution in [0.25, 0.3) is 5.69 Å². The highest BCUT2D eigenvalue weighted by Gasteiger charge is 2.18. The first-order chi connectivity index (χ1) is 16.3. The van der Waals surface area contributed by atoms with E-state index in [0.29, 0.717) is 17.8 Å². The van der Waals surface area contributed by atoms with Crippen LogP contribution in [-0.4, -0.2) is 30.1 Å². The first-order valence-electron chi connectivity index (χ1n) is 10.8. The summed E-state index contributed by atoms with van der Waals surface area (Å²) in [5, 5.41) is 2.91. The Labute approximate surface area is 199 Å². The fourth-order valence-electron chi connectivity index (χ4n) is 3.64. The zero-order chi connectivity index (χ0) is 24.1. The Kier molecular flexibility index (Phi) is 6.79. The van der Waals surface area contributed by atoms with E-state index in [9.17, 15) is 13.2 Å². The fourth-order valence-corrected chi connectivity index (χ4v) is 4.53. The number of carbonyl (C=O) groups excluding carboxylic acids is 1. The molecule has 3 aromatic carbocycles. The molecule has 0 unspecified atom stereocenters. The number of rotatable bonds is 8. The van der Waals surface area contributed by atoms with Crippen molar-refractivity contribution in [3.63, 3.8) is 0 Å². The Bertz CT molecular complexity index is 1360. The standard InChI is InChI=1S/C26H26N4O3S/c1-20-27-16-17-29(20)24-12-8-21(9-13-24)18-28-26(31)23-10-14-25(15-11-23)30(34(2,32)33)19-22-6-4-3-5-7-22/h3-17H,18-19H2,1-2H3,(H,28,31). The number of carbonyl (C=O) groups is 1. The number of hydrogen-bond donors (Lipinski definition) is 1. The number of aromatic nitrogens is 2. The lowest BCUT2D eigenvalue weighted by atomic mass is 10.1. The monoisotopic (exact) mass is 474 g/mol. The molecule has 0 radical (unpaired) electrons. The summed E-state index contributed by atoms with van der Waals surface area (Å²) in [5.41, 5.74) is 3.82. The molecule has 1 aromatic heterocycles. The van der Waals surface area contributed by atoms with E-state index in [1.165, 1.54) is 10.6 Å². The summed E-state index contributed by atoms with van der Waals surface area (Å²) >= 11 is 0. The average molecular weight is 475 g/mol. The number of aryl methyl sites for hydroxylation is 1. The maximum absolute atomic E-state index is 12.6. The third-order valence-electron chi connectivity index (χ3n) is 5.48. The van der Waals surface area contributed by atoms with Crippen molar-refractivity contribution in [3.05, 3.63) is 114 Å².